The van der Waals surface area contributed by atoms with Crippen LogP contribution >= 0.6 is 0 Å². The Morgan fingerprint density at radius 1 is 0.282 bits per heavy atom. The Morgan fingerprint density at radius 3 is 0.897 bits per heavy atom. The molecule has 7 rings (SSSR count). The van der Waals surface area contributed by atoms with Gasteiger partial charge in [0.1, 0.15) is 34.5 Å². The van der Waals surface area contributed by atoms with Crippen molar-refractivity contribution in [1.82, 2.24) is 0 Å². The molecular formula is C36H24O3. The predicted molar refractivity (Wildman–Crippen MR) is 159 cm³/mol. The Hall–Kier alpha value is -5.28. The van der Waals surface area contributed by atoms with Gasteiger partial charge in [0.2, 0.25) is 0 Å². The van der Waals surface area contributed by atoms with Gasteiger partial charge in [0.05, 0.1) is 0 Å². The third-order valence-electron chi connectivity index (χ3n) is 6.79. The molecule has 0 atom stereocenters. The minimum absolute atomic E-state index is 0.624. The Balaban J connectivity index is 1.32. The first-order valence-corrected chi connectivity index (χ1v) is 12.9. The highest BCUT2D eigenvalue weighted by molar-refractivity contribution is 5.90. The van der Waals surface area contributed by atoms with E-state index in [9.17, 15) is 0 Å². The SMILES string of the molecule is c1ccc2c(Oc3cc(Oc4cccc5ccccc45)cc(Oc4cccc5ccccc45)c3)cccc2c1. The van der Waals surface area contributed by atoms with Crippen molar-refractivity contribution in [2.24, 2.45) is 0 Å². The molecule has 0 aliphatic carbocycles. The van der Waals surface area contributed by atoms with Crippen LogP contribution in [-0.2, 0) is 0 Å². The van der Waals surface area contributed by atoms with Crippen LogP contribution in [0.25, 0.3) is 32.3 Å². The lowest BCUT2D eigenvalue weighted by atomic mass is 10.1. The molecule has 0 saturated heterocycles. The van der Waals surface area contributed by atoms with Crippen molar-refractivity contribution in [3.8, 4) is 34.5 Å². The molecule has 0 bridgehead atoms. The number of ether oxygens (including phenoxy) is 3. The molecular weight excluding hydrogens is 480 g/mol. The van der Waals surface area contributed by atoms with Crippen LogP contribution in [0.3, 0.4) is 0 Å². The maximum absolute atomic E-state index is 6.46. The zero-order chi connectivity index (χ0) is 26.0. The summed E-state index contributed by atoms with van der Waals surface area (Å²) in [7, 11) is 0. The van der Waals surface area contributed by atoms with Gasteiger partial charge < -0.3 is 14.2 Å². The molecule has 0 aromatic heterocycles. The molecule has 39 heavy (non-hydrogen) atoms. The van der Waals surface area contributed by atoms with Crippen molar-refractivity contribution in [3.05, 3.63) is 146 Å². The largest absolute Gasteiger partial charge is 0.456 e. The molecule has 0 spiro atoms. The molecule has 186 valence electrons. The molecule has 0 unspecified atom stereocenters. The number of fused-ring (bicyclic) bond motifs is 3. The molecule has 0 aliphatic rings. The third kappa shape index (κ3) is 4.62. The van der Waals surface area contributed by atoms with Crippen LogP contribution in [0.4, 0.5) is 0 Å². The van der Waals surface area contributed by atoms with Gasteiger partial charge in [-0.15, -0.1) is 0 Å². The molecule has 3 nitrogen and oxygen atoms in total. The van der Waals surface area contributed by atoms with E-state index in [2.05, 4.69) is 54.6 Å². The monoisotopic (exact) mass is 504 g/mol. The smallest absolute Gasteiger partial charge is 0.135 e. The van der Waals surface area contributed by atoms with Crippen LogP contribution in [-0.4, -0.2) is 0 Å². The first-order chi connectivity index (χ1) is 19.3. The normalized spacial score (nSPS) is 11.1. The van der Waals surface area contributed by atoms with E-state index in [1.165, 1.54) is 0 Å². The van der Waals surface area contributed by atoms with Gasteiger partial charge in [0.15, 0.2) is 0 Å². The Labute approximate surface area is 226 Å². The molecule has 7 aromatic rings. The molecule has 7 aromatic carbocycles. The Kier molecular flexibility index (Phi) is 5.80. The van der Waals surface area contributed by atoms with Crippen LogP contribution in [0, 0.1) is 0 Å². The summed E-state index contributed by atoms with van der Waals surface area (Å²) in [4.78, 5) is 0. The van der Waals surface area contributed by atoms with Crippen molar-refractivity contribution in [3.63, 3.8) is 0 Å². The topological polar surface area (TPSA) is 27.7 Å². The van der Waals surface area contributed by atoms with Gasteiger partial charge in [-0.05, 0) is 34.4 Å². The maximum Gasteiger partial charge on any atom is 0.135 e. The number of rotatable bonds is 6. The van der Waals surface area contributed by atoms with Gasteiger partial charge in [-0.1, -0.05) is 109 Å². The Morgan fingerprint density at radius 2 is 0.564 bits per heavy atom. The molecule has 0 N–H and O–H groups in total. The fourth-order valence-electron chi connectivity index (χ4n) is 4.96. The molecule has 0 saturated carbocycles. The molecule has 0 radical (unpaired) electrons. The number of hydrogen-bond acceptors (Lipinski definition) is 3. The average molecular weight is 505 g/mol. The summed E-state index contributed by atoms with van der Waals surface area (Å²) < 4.78 is 19.4. The molecule has 0 fully saturated rings. The highest BCUT2D eigenvalue weighted by Crippen LogP contribution is 2.39. The fourth-order valence-corrected chi connectivity index (χ4v) is 4.96. The predicted octanol–water partition coefficient (Wildman–Crippen LogP) is 10.5. The summed E-state index contributed by atoms with van der Waals surface area (Å²) in [5, 5.41) is 6.46. The number of benzene rings is 7. The summed E-state index contributed by atoms with van der Waals surface area (Å²) in [5.74, 6) is 4.18. The van der Waals surface area contributed by atoms with Crippen molar-refractivity contribution in [1.29, 1.82) is 0 Å². The molecule has 0 amide bonds. The molecule has 3 heteroatoms. The third-order valence-corrected chi connectivity index (χ3v) is 6.79. The summed E-state index contributed by atoms with van der Waals surface area (Å²) in [5.41, 5.74) is 0. The van der Waals surface area contributed by atoms with Crippen LogP contribution in [0.2, 0.25) is 0 Å². The second-order valence-electron chi connectivity index (χ2n) is 9.38. The lowest BCUT2D eigenvalue weighted by molar-refractivity contribution is 0.445. The van der Waals surface area contributed by atoms with E-state index in [0.717, 1.165) is 49.6 Å². The summed E-state index contributed by atoms with van der Waals surface area (Å²) in [6.45, 7) is 0. The van der Waals surface area contributed by atoms with Crippen molar-refractivity contribution < 1.29 is 14.2 Å². The van der Waals surface area contributed by atoms with Gasteiger partial charge in [-0.25, -0.2) is 0 Å². The number of hydrogen-bond donors (Lipinski definition) is 0. The van der Waals surface area contributed by atoms with E-state index in [0.29, 0.717) is 17.2 Å². The van der Waals surface area contributed by atoms with Crippen LogP contribution in [0.5, 0.6) is 34.5 Å². The van der Waals surface area contributed by atoms with E-state index in [1.807, 2.05) is 91.0 Å². The van der Waals surface area contributed by atoms with Gasteiger partial charge in [0, 0.05) is 34.4 Å². The summed E-state index contributed by atoms with van der Waals surface area (Å²) >= 11 is 0. The van der Waals surface area contributed by atoms with Crippen LogP contribution in [0.1, 0.15) is 0 Å². The molecule has 0 aliphatic heterocycles. The maximum atomic E-state index is 6.46. The standard InChI is InChI=1S/C36H24O3/c1-4-16-31-25(10-1)13-7-19-34(31)37-28-22-29(38-35-20-8-14-26-11-2-5-17-32(26)35)24-30(23-28)39-36-21-9-15-27-12-3-6-18-33(27)36/h1-24H. The van der Waals surface area contributed by atoms with E-state index in [4.69, 9.17) is 14.2 Å². The second kappa shape index (κ2) is 9.88. The van der Waals surface area contributed by atoms with Crippen molar-refractivity contribution in [2.75, 3.05) is 0 Å². The fraction of sp³-hybridized carbons (Fsp3) is 0. The van der Waals surface area contributed by atoms with E-state index < -0.39 is 0 Å². The van der Waals surface area contributed by atoms with E-state index >= 15 is 0 Å². The van der Waals surface area contributed by atoms with Crippen molar-refractivity contribution >= 4 is 32.3 Å². The van der Waals surface area contributed by atoms with Gasteiger partial charge in [0.25, 0.3) is 0 Å². The quantitative estimate of drug-likeness (QED) is 0.225. The zero-order valence-corrected chi connectivity index (χ0v) is 21.1. The molecule has 0 heterocycles. The van der Waals surface area contributed by atoms with Crippen LogP contribution < -0.4 is 14.2 Å². The summed E-state index contributed by atoms with van der Waals surface area (Å²) in [6, 6.07) is 48.5. The van der Waals surface area contributed by atoms with E-state index in [1.54, 1.807) is 0 Å². The Bertz CT molecular complexity index is 1700. The van der Waals surface area contributed by atoms with Gasteiger partial charge >= 0.3 is 0 Å². The minimum atomic E-state index is 0.624. The van der Waals surface area contributed by atoms with Gasteiger partial charge in [-0.3, -0.25) is 0 Å². The summed E-state index contributed by atoms with van der Waals surface area (Å²) in [6.07, 6.45) is 0. The zero-order valence-electron chi connectivity index (χ0n) is 21.1. The highest BCUT2D eigenvalue weighted by Gasteiger charge is 2.12. The lowest BCUT2D eigenvalue weighted by Crippen LogP contribution is -1.92. The van der Waals surface area contributed by atoms with Crippen molar-refractivity contribution in [2.45, 2.75) is 0 Å². The van der Waals surface area contributed by atoms with E-state index in [-0.39, 0.29) is 0 Å². The van der Waals surface area contributed by atoms with Crippen LogP contribution in [0.15, 0.2) is 146 Å². The first-order valence-electron chi connectivity index (χ1n) is 12.9. The lowest BCUT2D eigenvalue weighted by Gasteiger charge is -2.15. The highest BCUT2D eigenvalue weighted by atomic mass is 16.5. The average Bonchev–Trinajstić information content (AvgIpc) is 2.98. The minimum Gasteiger partial charge on any atom is -0.456 e. The second-order valence-corrected chi connectivity index (χ2v) is 9.38. The van der Waals surface area contributed by atoms with Gasteiger partial charge in [-0.2, -0.15) is 0 Å². The first kappa shape index (κ1) is 22.9.